The Morgan fingerprint density at radius 1 is 1.16 bits per heavy atom. The zero-order valence-electron chi connectivity index (χ0n) is 18.3. The lowest BCUT2D eigenvalue weighted by Gasteiger charge is -2.21. The van der Waals surface area contributed by atoms with Crippen LogP contribution in [0.5, 0.6) is 0 Å². The second kappa shape index (κ2) is 10.3. The summed E-state index contributed by atoms with van der Waals surface area (Å²) in [7, 11) is 1.65. The van der Waals surface area contributed by atoms with Crippen LogP contribution in [0.4, 0.5) is 5.69 Å². The molecular formula is C24H28N4O2S. The summed E-state index contributed by atoms with van der Waals surface area (Å²) in [6, 6.07) is 15.7. The molecule has 1 atom stereocenters. The standard InChI is InChI=1S/C24H28N4O2S/c1-5-19-11-7-8-12-20(19)26-22(29)16-27(4)23(30)18(3)31-24-25-14-15-28(24)21-13-9-6-10-17(21)2/h6-15,18H,5,16H2,1-4H3,(H,26,29). The first-order valence-corrected chi connectivity index (χ1v) is 11.2. The molecule has 7 heteroatoms. The van der Waals surface area contributed by atoms with Gasteiger partial charge in [0.25, 0.3) is 0 Å². The highest BCUT2D eigenvalue weighted by atomic mass is 32.2. The maximum atomic E-state index is 12.9. The van der Waals surface area contributed by atoms with Gasteiger partial charge < -0.3 is 10.2 Å². The highest BCUT2D eigenvalue weighted by Gasteiger charge is 2.23. The predicted octanol–water partition coefficient (Wildman–Crippen LogP) is 4.32. The van der Waals surface area contributed by atoms with Gasteiger partial charge in [-0.3, -0.25) is 14.2 Å². The molecule has 0 fully saturated rings. The van der Waals surface area contributed by atoms with Crippen molar-refractivity contribution in [3.8, 4) is 5.69 Å². The molecule has 1 unspecified atom stereocenters. The first-order chi connectivity index (χ1) is 14.9. The Labute approximate surface area is 187 Å². The zero-order valence-corrected chi connectivity index (χ0v) is 19.1. The van der Waals surface area contributed by atoms with Crippen molar-refractivity contribution in [1.82, 2.24) is 14.5 Å². The molecule has 0 radical (unpaired) electrons. The minimum atomic E-state index is -0.383. The second-order valence-corrected chi connectivity index (χ2v) is 8.69. The van der Waals surface area contributed by atoms with Gasteiger partial charge in [0.2, 0.25) is 11.8 Å². The molecule has 0 aliphatic rings. The third-order valence-electron chi connectivity index (χ3n) is 5.04. The van der Waals surface area contributed by atoms with Crippen LogP contribution in [0.3, 0.4) is 0 Å². The number of para-hydroxylation sites is 2. The third kappa shape index (κ3) is 5.55. The van der Waals surface area contributed by atoms with Crippen molar-refractivity contribution in [2.75, 3.05) is 18.9 Å². The number of carbonyl (C=O) groups excluding carboxylic acids is 2. The third-order valence-corrected chi connectivity index (χ3v) is 6.11. The van der Waals surface area contributed by atoms with Gasteiger partial charge in [-0.05, 0) is 43.5 Å². The summed E-state index contributed by atoms with van der Waals surface area (Å²) in [6.45, 7) is 5.92. The molecular weight excluding hydrogens is 408 g/mol. The average molecular weight is 437 g/mol. The molecule has 31 heavy (non-hydrogen) atoms. The number of aryl methyl sites for hydroxylation is 2. The summed E-state index contributed by atoms with van der Waals surface area (Å²) in [5.74, 6) is -0.335. The number of aromatic nitrogens is 2. The van der Waals surface area contributed by atoms with E-state index in [4.69, 9.17) is 0 Å². The van der Waals surface area contributed by atoms with Crippen LogP contribution >= 0.6 is 11.8 Å². The first kappa shape index (κ1) is 22.6. The first-order valence-electron chi connectivity index (χ1n) is 10.3. The minimum absolute atomic E-state index is 0.00594. The van der Waals surface area contributed by atoms with Crippen molar-refractivity contribution in [2.45, 2.75) is 37.6 Å². The van der Waals surface area contributed by atoms with Gasteiger partial charge >= 0.3 is 0 Å². The molecule has 2 amide bonds. The van der Waals surface area contributed by atoms with E-state index in [0.29, 0.717) is 0 Å². The lowest BCUT2D eigenvalue weighted by Crippen LogP contribution is -2.39. The van der Waals surface area contributed by atoms with Gasteiger partial charge in [-0.25, -0.2) is 4.98 Å². The Hall–Kier alpha value is -3.06. The SMILES string of the molecule is CCc1ccccc1NC(=O)CN(C)C(=O)C(C)Sc1nccn1-c1ccccc1C. The number of benzene rings is 2. The summed E-state index contributed by atoms with van der Waals surface area (Å²) in [4.78, 5) is 31.3. The molecule has 0 spiro atoms. The van der Waals surface area contributed by atoms with Crippen LogP contribution in [0.1, 0.15) is 25.0 Å². The van der Waals surface area contributed by atoms with E-state index < -0.39 is 0 Å². The molecule has 0 bridgehead atoms. The fraction of sp³-hybridized carbons (Fsp3) is 0.292. The number of amides is 2. The van der Waals surface area contributed by atoms with Gasteiger partial charge in [-0.2, -0.15) is 0 Å². The van der Waals surface area contributed by atoms with Crippen molar-refractivity contribution < 1.29 is 9.59 Å². The molecule has 1 N–H and O–H groups in total. The summed E-state index contributed by atoms with van der Waals surface area (Å²) in [6.07, 6.45) is 4.45. The number of hydrogen-bond acceptors (Lipinski definition) is 4. The maximum Gasteiger partial charge on any atom is 0.243 e. The van der Waals surface area contributed by atoms with Crippen LogP contribution in [-0.4, -0.2) is 45.1 Å². The molecule has 3 rings (SSSR count). The molecule has 0 saturated carbocycles. The normalized spacial score (nSPS) is 11.7. The summed E-state index contributed by atoms with van der Waals surface area (Å²) >= 11 is 1.38. The highest BCUT2D eigenvalue weighted by molar-refractivity contribution is 8.00. The van der Waals surface area contributed by atoms with E-state index >= 15 is 0 Å². The van der Waals surface area contributed by atoms with Crippen molar-refractivity contribution in [3.63, 3.8) is 0 Å². The zero-order chi connectivity index (χ0) is 22.4. The van der Waals surface area contributed by atoms with E-state index in [-0.39, 0.29) is 23.6 Å². The Morgan fingerprint density at radius 2 is 1.87 bits per heavy atom. The molecule has 2 aromatic carbocycles. The number of rotatable bonds is 8. The Balaban J connectivity index is 1.62. The van der Waals surface area contributed by atoms with Crippen molar-refractivity contribution >= 4 is 29.3 Å². The van der Waals surface area contributed by atoms with Crippen molar-refractivity contribution in [2.24, 2.45) is 0 Å². The molecule has 1 aromatic heterocycles. The maximum absolute atomic E-state index is 12.9. The van der Waals surface area contributed by atoms with Crippen LogP contribution in [0, 0.1) is 6.92 Å². The summed E-state index contributed by atoms with van der Waals surface area (Å²) in [5.41, 5.74) is 4.02. The summed E-state index contributed by atoms with van der Waals surface area (Å²) in [5, 5.41) is 3.27. The van der Waals surface area contributed by atoms with E-state index in [9.17, 15) is 9.59 Å². The number of imidazole rings is 1. The number of likely N-dealkylation sites (N-methyl/N-ethyl adjacent to an activating group) is 1. The van der Waals surface area contributed by atoms with Crippen LogP contribution in [0.25, 0.3) is 5.69 Å². The number of nitrogens with zero attached hydrogens (tertiary/aromatic N) is 3. The van der Waals surface area contributed by atoms with E-state index in [1.165, 1.54) is 16.7 Å². The van der Waals surface area contributed by atoms with Gasteiger partial charge in [0, 0.05) is 25.1 Å². The fourth-order valence-electron chi connectivity index (χ4n) is 3.35. The lowest BCUT2D eigenvalue weighted by atomic mass is 10.1. The van der Waals surface area contributed by atoms with Crippen LogP contribution in [0.15, 0.2) is 66.1 Å². The van der Waals surface area contributed by atoms with E-state index in [0.717, 1.165) is 34.1 Å². The molecule has 6 nitrogen and oxygen atoms in total. The van der Waals surface area contributed by atoms with Gasteiger partial charge in [-0.15, -0.1) is 0 Å². The molecule has 3 aromatic rings. The fourth-order valence-corrected chi connectivity index (χ4v) is 4.34. The molecule has 1 heterocycles. The molecule has 162 valence electrons. The summed E-state index contributed by atoms with van der Waals surface area (Å²) < 4.78 is 1.98. The minimum Gasteiger partial charge on any atom is -0.335 e. The predicted molar refractivity (Wildman–Crippen MR) is 126 cm³/mol. The molecule has 0 saturated heterocycles. The number of hydrogen-bond donors (Lipinski definition) is 1. The Bertz CT molecular complexity index is 1060. The largest absolute Gasteiger partial charge is 0.335 e. The van der Waals surface area contributed by atoms with Gasteiger partial charge in [-0.1, -0.05) is 55.1 Å². The van der Waals surface area contributed by atoms with Crippen LogP contribution in [0.2, 0.25) is 0 Å². The number of nitrogens with one attached hydrogen (secondary N) is 1. The number of thioether (sulfide) groups is 1. The quantitative estimate of drug-likeness (QED) is 0.534. The van der Waals surface area contributed by atoms with Gasteiger partial charge in [0.1, 0.15) is 0 Å². The lowest BCUT2D eigenvalue weighted by molar-refractivity contribution is -0.132. The van der Waals surface area contributed by atoms with E-state index in [1.54, 1.807) is 13.2 Å². The molecule has 0 aliphatic carbocycles. The Kier molecular flexibility index (Phi) is 7.52. The smallest absolute Gasteiger partial charge is 0.243 e. The van der Waals surface area contributed by atoms with E-state index in [2.05, 4.69) is 10.3 Å². The monoisotopic (exact) mass is 436 g/mol. The van der Waals surface area contributed by atoms with E-state index in [1.807, 2.05) is 80.1 Å². The topological polar surface area (TPSA) is 67.2 Å². The van der Waals surface area contributed by atoms with Gasteiger partial charge in [0.15, 0.2) is 5.16 Å². The van der Waals surface area contributed by atoms with Crippen molar-refractivity contribution in [3.05, 3.63) is 72.1 Å². The van der Waals surface area contributed by atoms with Crippen LogP contribution in [-0.2, 0) is 16.0 Å². The van der Waals surface area contributed by atoms with Crippen LogP contribution < -0.4 is 5.32 Å². The number of anilines is 1. The molecule has 0 aliphatic heterocycles. The second-order valence-electron chi connectivity index (χ2n) is 7.38. The van der Waals surface area contributed by atoms with Crippen molar-refractivity contribution in [1.29, 1.82) is 0 Å². The highest BCUT2D eigenvalue weighted by Crippen LogP contribution is 2.26. The average Bonchev–Trinajstić information content (AvgIpc) is 3.21. The number of carbonyl (C=O) groups is 2. The van der Waals surface area contributed by atoms with Gasteiger partial charge in [0.05, 0.1) is 17.5 Å². The Morgan fingerprint density at radius 3 is 2.61 bits per heavy atom.